The Labute approximate surface area is 787 Å². The lowest BCUT2D eigenvalue weighted by Crippen LogP contribution is -2.61. The zero-order valence-corrected chi connectivity index (χ0v) is 78.4. The second-order valence-electron chi connectivity index (χ2n) is 32.9. The minimum absolute atomic E-state index is 0.00154. The summed E-state index contributed by atoms with van der Waals surface area (Å²) in [5, 5.41) is 67.7. The maximum atomic E-state index is 15.9. The van der Waals surface area contributed by atoms with Crippen LogP contribution in [0.3, 0.4) is 0 Å². The van der Waals surface area contributed by atoms with Gasteiger partial charge in [-0.1, -0.05) is 188 Å². The summed E-state index contributed by atoms with van der Waals surface area (Å²) in [5.74, 6) is -14.9. The van der Waals surface area contributed by atoms with Gasteiger partial charge in [0.25, 0.3) is 0 Å². The molecule has 738 valence electrons. The van der Waals surface area contributed by atoms with Crippen LogP contribution in [0.2, 0.25) is 0 Å². The van der Waals surface area contributed by atoms with Crippen molar-refractivity contribution >= 4 is 112 Å². The Kier molecular flexibility index (Phi) is 53.8. The van der Waals surface area contributed by atoms with Crippen LogP contribution in [0.15, 0.2) is 115 Å². The monoisotopic (exact) mass is 1890 g/mol. The SMILES string of the molecule is CCCCCCCCCCCCCCCCNC(=O)CN(CC(N)=O)C(=O)CCCCCNC(=O)[C@H](Cc1ccccc1)NC(=O)[C@H](CCCNC(=N)N)NC(=O)[C@H](CS/C(=C\C(=O)OCC)C(=O)OCC)NC(=O)[C@H](CCCNC(=N)N)NC(=O)C[C@@H]1CCCN1C(=O)[C@@H](NC(=O)[C@H](Cc1cnc[nH]1)NC(=O)[C@@H](NC(=O)CNC(=O)CO)[C@@H](C)O)C(c1ccccc1)c1ccccc1. The lowest BCUT2D eigenvalue weighted by molar-refractivity contribution is -0.140. The van der Waals surface area contributed by atoms with Crippen LogP contribution < -0.4 is 81.0 Å². The van der Waals surface area contributed by atoms with Crippen LogP contribution in [0.25, 0.3) is 0 Å². The van der Waals surface area contributed by atoms with Gasteiger partial charge in [0.15, 0.2) is 11.9 Å². The van der Waals surface area contributed by atoms with E-state index >= 15 is 24.0 Å². The van der Waals surface area contributed by atoms with E-state index in [2.05, 4.69) is 80.7 Å². The Morgan fingerprint density at radius 1 is 0.537 bits per heavy atom. The van der Waals surface area contributed by atoms with Crippen LogP contribution in [-0.2, 0) is 94.2 Å². The third kappa shape index (κ3) is 44.3. The number of aliphatic hydroxyl groups is 2. The molecule has 3 aromatic carbocycles. The molecule has 23 N–H and O–H groups in total. The van der Waals surface area contributed by atoms with Gasteiger partial charge in [0, 0.05) is 94.1 Å². The van der Waals surface area contributed by atoms with Gasteiger partial charge in [-0.25, -0.2) is 14.6 Å². The summed E-state index contributed by atoms with van der Waals surface area (Å²) in [6.07, 6.45) is 19.0. The van der Waals surface area contributed by atoms with E-state index in [4.69, 9.17) is 37.5 Å². The van der Waals surface area contributed by atoms with Crippen molar-refractivity contribution in [2.45, 2.75) is 261 Å². The van der Waals surface area contributed by atoms with Gasteiger partial charge in [0.2, 0.25) is 76.8 Å². The molecule has 0 radical (unpaired) electrons. The zero-order chi connectivity index (χ0) is 98.0. The molecule has 0 unspecified atom stereocenters. The van der Waals surface area contributed by atoms with E-state index < -0.39 is 193 Å². The predicted octanol–water partition coefficient (Wildman–Crippen LogP) is 2.15. The fraction of sp³-hybridized carbons (Fsp3) is 0.570. The second kappa shape index (κ2) is 64.3. The number of thioether (sulfide) groups is 1. The Morgan fingerprint density at radius 2 is 1.04 bits per heavy atom. The molecule has 9 atom stereocenters. The minimum Gasteiger partial charge on any atom is -0.463 e. The molecule has 2 heterocycles. The third-order valence-corrected chi connectivity index (χ3v) is 23.1. The summed E-state index contributed by atoms with van der Waals surface area (Å²) in [5.41, 5.74) is 18.9. The molecule has 41 heteroatoms. The van der Waals surface area contributed by atoms with E-state index in [1.54, 1.807) is 91.0 Å². The summed E-state index contributed by atoms with van der Waals surface area (Å²) in [7, 11) is 0. The molecule has 1 aliphatic rings. The van der Waals surface area contributed by atoms with Crippen LogP contribution in [0.1, 0.15) is 217 Å². The summed E-state index contributed by atoms with van der Waals surface area (Å²) >= 11 is 0.593. The number of likely N-dealkylation sites (tertiary alicyclic amines) is 1. The first kappa shape index (κ1) is 112. The highest BCUT2D eigenvalue weighted by Gasteiger charge is 2.43. The lowest BCUT2D eigenvalue weighted by Gasteiger charge is -2.35. The molecule has 0 bridgehead atoms. The number of hydrogen-bond acceptors (Lipinski definition) is 23. The number of nitrogens with two attached hydrogens (primary N) is 3. The van der Waals surface area contributed by atoms with E-state index in [1.807, 2.05) is 0 Å². The first-order chi connectivity index (χ1) is 64.4. The number of carbonyl (C=O) groups excluding carboxylic acids is 15. The van der Waals surface area contributed by atoms with Gasteiger partial charge < -0.3 is 115 Å². The number of esters is 2. The average molecular weight is 1890 g/mol. The molecular weight excluding hydrogens is 1750 g/mol. The number of imidazole rings is 1. The van der Waals surface area contributed by atoms with Crippen LogP contribution in [0.4, 0.5) is 0 Å². The fourth-order valence-electron chi connectivity index (χ4n) is 15.1. The van der Waals surface area contributed by atoms with Crippen molar-refractivity contribution in [1.82, 2.24) is 83.6 Å². The maximum absolute atomic E-state index is 15.9. The highest BCUT2D eigenvalue weighted by atomic mass is 32.2. The topological polar surface area (TPSA) is 620 Å². The van der Waals surface area contributed by atoms with Crippen molar-refractivity contribution in [2.75, 3.05) is 77.9 Å². The van der Waals surface area contributed by atoms with Gasteiger partial charge >= 0.3 is 11.9 Å². The van der Waals surface area contributed by atoms with Gasteiger partial charge in [-0.2, -0.15) is 0 Å². The van der Waals surface area contributed by atoms with Crippen molar-refractivity contribution < 1.29 is 91.6 Å². The first-order valence-corrected chi connectivity index (χ1v) is 47.5. The number of aliphatic hydroxyl groups excluding tert-OH is 2. The van der Waals surface area contributed by atoms with Crippen LogP contribution in [0.5, 0.6) is 0 Å². The number of H-pyrrole nitrogens is 1. The number of rotatable bonds is 67. The number of benzene rings is 3. The number of amides is 13. The summed E-state index contributed by atoms with van der Waals surface area (Å²) in [6, 6.07) is 14.2. The maximum Gasteiger partial charge on any atom is 0.344 e. The number of carbonyl (C=O) groups is 15. The molecule has 1 saturated heterocycles. The highest BCUT2D eigenvalue weighted by Crippen LogP contribution is 2.33. The Hall–Kier alpha value is -12.5. The Balaban J connectivity index is 1.40. The molecule has 1 aromatic heterocycles. The molecule has 0 spiro atoms. The standard InChI is InChI=1S/C93H141N21O19S/c1-5-8-9-10-11-12-13-14-15-16-17-18-19-31-46-100-77(120)58-113(57-74(94)117)79(122)45-30-23-32-47-101-84(124)70(51-63-36-24-20-25-37-63)108-86(126)69(44-34-49-103-93(97)98)107-88(128)72(60-134-73(91(131)133-7-3)54-80(123)132-6-2)110-85(125)68(43-33-48-102-92(95)96)106-75(118)53-67-42-35-50-114(67)90(130)83(81(64-38-26-21-27-39-64)65-40-28-22-29-41-65)112-87(127)71(52-66-55-99-61-105-66)109-89(129)82(62(4)116)111-76(119)56-104-78(121)59-115/h20-22,24-29,36-41,54-55,61-62,67-72,81-83,115-116H,5-19,23,30-35,42-53,56-60H2,1-4H3,(H2,94,117)(H,99,105)(H,100,120)(H,101,124)(H,104,121)(H,106,118)(H,107,128)(H,108,126)(H,109,129)(H,110,125)(H,111,119)(H,112,127)(H4,95,96,102)(H4,97,98,103)/b73-54-/t62-,67+,68+,69+,70+,71+,72+,82+,83+/m1/s1. The fourth-order valence-corrected chi connectivity index (χ4v) is 16.1. The lowest BCUT2D eigenvalue weighted by atomic mass is 9.84. The molecule has 40 nitrogen and oxygen atoms in total. The van der Waals surface area contributed by atoms with Gasteiger partial charge in [-0.15, -0.1) is 11.8 Å². The summed E-state index contributed by atoms with van der Waals surface area (Å²) in [4.78, 5) is 220. The quantitative estimate of drug-likeness (QED) is 0.00990. The molecule has 1 aliphatic heterocycles. The number of nitrogens with one attached hydrogen (secondary N) is 15. The molecule has 0 saturated carbocycles. The van der Waals surface area contributed by atoms with Crippen molar-refractivity contribution in [3.05, 3.63) is 137 Å². The van der Waals surface area contributed by atoms with Crippen molar-refractivity contribution in [2.24, 2.45) is 17.2 Å². The number of aromatic amines is 1. The van der Waals surface area contributed by atoms with Crippen LogP contribution >= 0.6 is 11.8 Å². The van der Waals surface area contributed by atoms with E-state index in [1.165, 1.54) is 102 Å². The number of aromatic nitrogens is 2. The third-order valence-electron chi connectivity index (χ3n) is 22.1. The normalized spacial score (nSPS) is 14.1. The number of primary amides is 1. The number of ether oxygens (including phenoxy) is 2. The van der Waals surface area contributed by atoms with E-state index in [0.717, 1.165) is 36.7 Å². The number of guanidine groups is 2. The minimum atomic E-state index is -1.78. The van der Waals surface area contributed by atoms with Crippen LogP contribution in [-0.4, -0.2) is 263 Å². The first-order valence-electron chi connectivity index (χ1n) is 46.5. The second-order valence-corrected chi connectivity index (χ2v) is 34.0. The van der Waals surface area contributed by atoms with Gasteiger partial charge in [0.1, 0.15) is 55.4 Å². The Bertz CT molecular complexity index is 4350. The van der Waals surface area contributed by atoms with Crippen molar-refractivity contribution in [3.8, 4) is 0 Å². The van der Waals surface area contributed by atoms with E-state index in [-0.39, 0.29) is 102 Å². The largest absolute Gasteiger partial charge is 0.463 e. The van der Waals surface area contributed by atoms with Gasteiger partial charge in [0.05, 0.1) is 43.6 Å². The van der Waals surface area contributed by atoms with E-state index in [9.17, 15) is 58.2 Å². The molecule has 134 heavy (non-hydrogen) atoms. The van der Waals surface area contributed by atoms with Crippen LogP contribution in [0, 0.1) is 10.8 Å². The predicted molar refractivity (Wildman–Crippen MR) is 504 cm³/mol. The number of hydrogen-bond donors (Lipinski definition) is 20. The van der Waals surface area contributed by atoms with Gasteiger partial charge in [-0.3, -0.25) is 73.1 Å². The smallest absolute Gasteiger partial charge is 0.344 e. The number of nitrogens with zero attached hydrogens (tertiary/aromatic N) is 3. The molecule has 5 rings (SSSR count). The van der Waals surface area contributed by atoms with Crippen molar-refractivity contribution in [3.63, 3.8) is 0 Å². The molecule has 0 aliphatic carbocycles. The molecule has 1 fully saturated rings. The van der Waals surface area contributed by atoms with Gasteiger partial charge in [-0.05, 0) is 95.2 Å². The average Bonchev–Trinajstić information content (AvgIpc) is 1.45. The molecule has 13 amide bonds. The number of unbranched alkanes of at least 4 members (excludes halogenated alkanes) is 15. The van der Waals surface area contributed by atoms with Crippen molar-refractivity contribution in [1.29, 1.82) is 10.8 Å². The van der Waals surface area contributed by atoms with E-state index in [0.29, 0.717) is 66.4 Å². The molecule has 4 aromatic rings. The summed E-state index contributed by atoms with van der Waals surface area (Å²) < 4.78 is 10.4. The zero-order valence-electron chi connectivity index (χ0n) is 77.6. The Morgan fingerprint density at radius 3 is 1.59 bits per heavy atom. The highest BCUT2D eigenvalue weighted by molar-refractivity contribution is 8.04. The summed E-state index contributed by atoms with van der Waals surface area (Å²) in [6.45, 7) is 4.27. The molecular formula is C93H141N21O19S.